The van der Waals surface area contributed by atoms with Gasteiger partial charge in [0.05, 0.1) is 47.8 Å². The van der Waals surface area contributed by atoms with Crippen LogP contribution in [0.4, 0.5) is 0 Å². The number of aromatic hydroxyl groups is 2. The van der Waals surface area contributed by atoms with E-state index in [0.29, 0.717) is 18.6 Å². The van der Waals surface area contributed by atoms with Gasteiger partial charge >= 0.3 is 0 Å². The van der Waals surface area contributed by atoms with Crippen LogP contribution >= 0.6 is 0 Å². The van der Waals surface area contributed by atoms with Gasteiger partial charge in [0.15, 0.2) is 12.1 Å². The lowest BCUT2D eigenvalue weighted by Gasteiger charge is -2.46. The van der Waals surface area contributed by atoms with E-state index in [0.717, 1.165) is 5.06 Å². The third-order valence-corrected chi connectivity index (χ3v) is 10.5. The van der Waals surface area contributed by atoms with E-state index in [4.69, 9.17) is 19.9 Å². The second-order valence-electron chi connectivity index (χ2n) is 15.2. The lowest BCUT2D eigenvalue weighted by atomic mass is 9.71. The van der Waals surface area contributed by atoms with E-state index in [1.54, 1.807) is 19.9 Å². The summed E-state index contributed by atoms with van der Waals surface area (Å²) in [6, 6.07) is 3.80. The molecule has 50 heavy (non-hydrogen) atoms. The molecule has 4 aliphatic rings. The summed E-state index contributed by atoms with van der Waals surface area (Å²) in [6.07, 6.45) is -3.61. The summed E-state index contributed by atoms with van der Waals surface area (Å²) in [6.45, 7) is 10.5. The fraction of sp³-hybridized carbons (Fsp3) is 0.556. The van der Waals surface area contributed by atoms with Crippen molar-refractivity contribution in [3.8, 4) is 17.2 Å². The number of fused-ring (bicyclic) bond motifs is 3. The number of ether oxygens (including phenoxy) is 3. The largest absolute Gasteiger partial charge is 0.507 e. The van der Waals surface area contributed by atoms with Crippen LogP contribution < -0.4 is 10.5 Å². The Morgan fingerprint density at radius 1 is 1.02 bits per heavy atom. The van der Waals surface area contributed by atoms with Crippen LogP contribution in [0, 0.1) is 0 Å². The molecule has 6 rings (SSSR count). The lowest BCUT2D eigenvalue weighted by Crippen LogP contribution is -2.58. The van der Waals surface area contributed by atoms with E-state index in [1.165, 1.54) is 19.2 Å². The smallest absolute Gasteiger partial charge is 0.202 e. The van der Waals surface area contributed by atoms with Gasteiger partial charge < -0.3 is 40.4 Å². The molecule has 269 valence electrons. The van der Waals surface area contributed by atoms with Crippen LogP contribution in [-0.4, -0.2) is 96.8 Å². The topological polar surface area (TPSA) is 217 Å². The molecule has 0 aromatic heterocycles. The fourth-order valence-electron chi connectivity index (χ4n) is 8.00. The first-order valence-electron chi connectivity index (χ1n) is 16.7. The van der Waals surface area contributed by atoms with E-state index in [2.05, 4.69) is 10.2 Å². The van der Waals surface area contributed by atoms with Crippen molar-refractivity contribution < 1.29 is 49.4 Å². The molecule has 2 aliphatic heterocycles. The second-order valence-corrected chi connectivity index (χ2v) is 15.2. The number of carbonyl (C=O) groups excluding carboxylic acids is 2. The highest BCUT2D eigenvalue weighted by molar-refractivity contribution is 6.31. The van der Waals surface area contributed by atoms with Crippen molar-refractivity contribution in [1.29, 1.82) is 0 Å². The highest BCUT2D eigenvalue weighted by atomic mass is 16.7. The number of phenols is 2. The Kier molecular flexibility index (Phi) is 8.99. The molecule has 0 spiro atoms. The van der Waals surface area contributed by atoms with Crippen LogP contribution in [0.3, 0.4) is 0 Å². The zero-order chi connectivity index (χ0) is 36.7. The number of carbonyl (C=O) groups is 2. The molecule has 6 N–H and O–H groups in total. The SMILES string of the molecule is COc1cccc2c1C(=O)c1c(O)c3c(c(O)c1C2=O)C[C@@](O)(/C(C)=N/N=C1CC(C)(C)N([O])C(C)(C)C1)C[C@@H]3O[C@H]1CC(N)[C@H](O)C(C)O1. The normalized spacial score (nSPS) is 30.7. The summed E-state index contributed by atoms with van der Waals surface area (Å²) in [7, 11) is 1.35. The average Bonchev–Trinajstić information content (AvgIpc) is 3.04. The molecule has 6 atom stereocenters. The number of ketones is 2. The highest BCUT2D eigenvalue weighted by Gasteiger charge is 2.49. The van der Waals surface area contributed by atoms with Gasteiger partial charge in [-0.05, 0) is 47.6 Å². The van der Waals surface area contributed by atoms with Crippen LogP contribution in [0.2, 0.25) is 0 Å². The van der Waals surface area contributed by atoms with Gasteiger partial charge in [-0.1, -0.05) is 12.1 Å². The molecule has 0 saturated carbocycles. The molecule has 14 heteroatoms. The Morgan fingerprint density at radius 2 is 1.66 bits per heavy atom. The molecular formula is C36H45N4O10. The average molecular weight is 694 g/mol. The van der Waals surface area contributed by atoms with Crippen molar-refractivity contribution >= 4 is 23.0 Å². The number of rotatable bonds is 5. The summed E-state index contributed by atoms with van der Waals surface area (Å²) in [5.74, 6) is -2.46. The first-order valence-corrected chi connectivity index (χ1v) is 16.7. The van der Waals surface area contributed by atoms with E-state index in [-0.39, 0.29) is 53.0 Å². The summed E-state index contributed by atoms with van der Waals surface area (Å²) in [5, 5.41) is 69.1. The Hall–Kier alpha value is -3.76. The number of nitrogens with two attached hydrogens (primary N) is 1. The third-order valence-electron chi connectivity index (χ3n) is 10.5. The minimum Gasteiger partial charge on any atom is -0.507 e. The van der Waals surface area contributed by atoms with Crippen molar-refractivity contribution in [2.24, 2.45) is 15.9 Å². The Morgan fingerprint density at radius 3 is 2.28 bits per heavy atom. The highest BCUT2D eigenvalue weighted by Crippen LogP contribution is 2.52. The van der Waals surface area contributed by atoms with Gasteiger partial charge in [-0.15, -0.1) is 10.3 Å². The molecule has 2 fully saturated rings. The summed E-state index contributed by atoms with van der Waals surface area (Å²) in [4.78, 5) is 27.9. The number of aliphatic hydroxyl groups is 2. The van der Waals surface area contributed by atoms with E-state index in [1.807, 2.05) is 27.7 Å². The molecule has 2 aromatic carbocycles. The van der Waals surface area contributed by atoms with E-state index < -0.39 is 81.5 Å². The molecule has 2 unspecified atom stereocenters. The maximum absolute atomic E-state index is 14.0. The predicted octanol–water partition coefficient (Wildman–Crippen LogP) is 3.26. The number of hydrogen-bond donors (Lipinski definition) is 5. The number of hydroxylamine groups is 2. The summed E-state index contributed by atoms with van der Waals surface area (Å²) >= 11 is 0. The lowest BCUT2D eigenvalue weighted by molar-refractivity contribution is -0.273. The Balaban J connectivity index is 1.46. The van der Waals surface area contributed by atoms with Crippen molar-refractivity contribution in [1.82, 2.24) is 5.06 Å². The maximum atomic E-state index is 14.0. The van der Waals surface area contributed by atoms with Crippen LogP contribution in [0.5, 0.6) is 17.2 Å². The van der Waals surface area contributed by atoms with E-state index >= 15 is 0 Å². The number of hydrogen-bond acceptors (Lipinski definition) is 13. The first-order chi connectivity index (χ1) is 23.3. The van der Waals surface area contributed by atoms with Crippen LogP contribution in [0.25, 0.3) is 0 Å². The molecule has 0 amide bonds. The number of piperidine rings is 1. The maximum Gasteiger partial charge on any atom is 0.202 e. The van der Waals surface area contributed by atoms with Crippen molar-refractivity contribution in [2.45, 2.75) is 121 Å². The second kappa shape index (κ2) is 12.5. The number of phenolic OH excluding ortho intramolecular Hbond substituents is 2. The third kappa shape index (κ3) is 5.82. The molecule has 14 nitrogen and oxygen atoms in total. The molecular weight excluding hydrogens is 648 g/mol. The number of benzene rings is 2. The van der Waals surface area contributed by atoms with Crippen molar-refractivity contribution in [3.05, 3.63) is 51.6 Å². The summed E-state index contributed by atoms with van der Waals surface area (Å²) in [5.41, 5.74) is 2.85. The zero-order valence-corrected chi connectivity index (χ0v) is 29.3. The Bertz CT molecular complexity index is 1790. The standard InChI is InChI=1S/C36H45N4O10/c1-16-29(41)21(37)11-24(49-16)50-23-15-36(46,17(2)38-39-18-12-34(3,4)40(47)35(5,6)13-18)14-20-26(23)33(45)28-27(31(20)43)30(42)19-9-8-10-22(48-7)25(19)32(28)44/h8-10,16,21,23-24,29,41,43,45-46H,11-15,37H2,1-7H3/b38-17+/t16?,21?,23-,24-,29+,36-/m0/s1. The number of aliphatic hydroxyl groups excluding tert-OH is 1. The molecule has 2 saturated heterocycles. The van der Waals surface area contributed by atoms with Crippen LogP contribution in [0.1, 0.15) is 116 Å². The number of methoxy groups -OCH3 is 1. The van der Waals surface area contributed by atoms with E-state index in [9.17, 15) is 35.2 Å². The van der Waals surface area contributed by atoms with Crippen LogP contribution in [0.15, 0.2) is 28.4 Å². The monoisotopic (exact) mass is 693 g/mol. The van der Waals surface area contributed by atoms with Gasteiger partial charge in [-0.3, -0.25) is 9.59 Å². The molecule has 2 heterocycles. The zero-order valence-electron chi connectivity index (χ0n) is 29.3. The van der Waals surface area contributed by atoms with Gasteiger partial charge in [-0.25, -0.2) is 0 Å². The van der Waals surface area contributed by atoms with Crippen molar-refractivity contribution in [3.63, 3.8) is 0 Å². The summed E-state index contributed by atoms with van der Waals surface area (Å²) < 4.78 is 17.6. The van der Waals surface area contributed by atoms with Crippen molar-refractivity contribution in [2.75, 3.05) is 7.11 Å². The number of nitrogens with zero attached hydrogens (tertiary/aromatic N) is 3. The fourth-order valence-corrected chi connectivity index (χ4v) is 8.00. The molecule has 2 aromatic rings. The minimum absolute atomic E-state index is 0.00365. The molecule has 2 aliphatic carbocycles. The van der Waals surface area contributed by atoms with Gasteiger partial charge in [0.25, 0.3) is 0 Å². The first kappa shape index (κ1) is 36.0. The Labute approximate surface area is 290 Å². The molecule has 0 bridgehead atoms. The van der Waals surface area contributed by atoms with Gasteiger partial charge in [0, 0.05) is 71.6 Å². The van der Waals surface area contributed by atoms with Crippen LogP contribution in [-0.2, 0) is 21.1 Å². The predicted molar refractivity (Wildman–Crippen MR) is 180 cm³/mol. The molecule has 1 radical (unpaired) electrons. The van der Waals surface area contributed by atoms with Gasteiger partial charge in [0.1, 0.15) is 22.8 Å². The quantitative estimate of drug-likeness (QED) is 0.148. The van der Waals surface area contributed by atoms with Gasteiger partial charge in [0.2, 0.25) is 5.78 Å². The minimum atomic E-state index is -1.82. The van der Waals surface area contributed by atoms with Gasteiger partial charge in [-0.2, -0.15) is 10.2 Å².